The lowest BCUT2D eigenvalue weighted by Crippen LogP contribution is -2.54. The monoisotopic (exact) mass is 375 g/mol. The summed E-state index contributed by atoms with van der Waals surface area (Å²) in [4.78, 5) is 27.1. The average Bonchev–Trinajstić information content (AvgIpc) is 3.38. The first kappa shape index (κ1) is 18.5. The Labute approximate surface area is 159 Å². The van der Waals surface area contributed by atoms with Gasteiger partial charge in [0.1, 0.15) is 11.9 Å². The number of ether oxygens (including phenoxy) is 1. The fourth-order valence-corrected chi connectivity index (χ4v) is 4.11. The van der Waals surface area contributed by atoms with E-state index in [1.165, 1.54) is 0 Å². The third-order valence-electron chi connectivity index (χ3n) is 6.01. The van der Waals surface area contributed by atoms with Crippen LogP contribution in [0.1, 0.15) is 74.5 Å². The van der Waals surface area contributed by atoms with Gasteiger partial charge in [0.2, 0.25) is 0 Å². The Morgan fingerprint density at radius 1 is 1.19 bits per heavy atom. The minimum atomic E-state index is -0.300. The molecule has 1 N–H and O–H groups in total. The standard InChI is InChI=1S/C20H29N3O4/c1-12-3-6-17(26-11-12)20(25)23-8-7-15(9-13(23)2)21-19(24)16-10-18(27-22-16)14-4-5-14/h10,12-15,17H,3-9,11H2,1-2H3,(H,21,24)/t12-,13-,15?,17+/m0/s1. The Morgan fingerprint density at radius 3 is 2.67 bits per heavy atom. The fraction of sp³-hybridized carbons (Fsp3) is 0.750. The Morgan fingerprint density at radius 2 is 2.00 bits per heavy atom. The zero-order valence-corrected chi connectivity index (χ0v) is 16.1. The van der Waals surface area contributed by atoms with Crippen LogP contribution in [0.4, 0.5) is 0 Å². The molecule has 2 aliphatic heterocycles. The minimum absolute atomic E-state index is 0.0462. The highest BCUT2D eigenvalue weighted by molar-refractivity contribution is 5.92. The van der Waals surface area contributed by atoms with Gasteiger partial charge in [0.15, 0.2) is 5.69 Å². The van der Waals surface area contributed by atoms with Gasteiger partial charge >= 0.3 is 0 Å². The van der Waals surface area contributed by atoms with Crippen molar-refractivity contribution in [1.82, 2.24) is 15.4 Å². The molecule has 3 heterocycles. The summed E-state index contributed by atoms with van der Waals surface area (Å²) in [5.41, 5.74) is 0.354. The van der Waals surface area contributed by atoms with Gasteiger partial charge in [-0.15, -0.1) is 0 Å². The summed E-state index contributed by atoms with van der Waals surface area (Å²) in [6.07, 6.45) is 5.27. The van der Waals surface area contributed by atoms with E-state index in [-0.39, 0.29) is 30.0 Å². The number of carbonyl (C=O) groups is 2. The molecule has 27 heavy (non-hydrogen) atoms. The van der Waals surface area contributed by atoms with Crippen LogP contribution in [0.15, 0.2) is 10.6 Å². The van der Waals surface area contributed by atoms with E-state index >= 15 is 0 Å². The van der Waals surface area contributed by atoms with Crippen molar-refractivity contribution in [2.75, 3.05) is 13.2 Å². The van der Waals surface area contributed by atoms with E-state index in [4.69, 9.17) is 9.26 Å². The third kappa shape index (κ3) is 4.18. The minimum Gasteiger partial charge on any atom is -0.368 e. The van der Waals surface area contributed by atoms with Gasteiger partial charge in [-0.25, -0.2) is 0 Å². The van der Waals surface area contributed by atoms with Crippen LogP contribution in [0, 0.1) is 5.92 Å². The maximum Gasteiger partial charge on any atom is 0.273 e. The van der Waals surface area contributed by atoms with Crippen LogP contribution in [0.25, 0.3) is 0 Å². The number of nitrogens with one attached hydrogen (secondary N) is 1. The molecule has 2 amide bonds. The van der Waals surface area contributed by atoms with Crippen molar-refractivity contribution in [3.63, 3.8) is 0 Å². The van der Waals surface area contributed by atoms with Crippen molar-refractivity contribution in [3.8, 4) is 0 Å². The average molecular weight is 375 g/mol. The predicted octanol–water partition coefficient (Wildman–Crippen LogP) is 2.48. The van der Waals surface area contributed by atoms with Crippen molar-refractivity contribution in [3.05, 3.63) is 17.5 Å². The van der Waals surface area contributed by atoms with Gasteiger partial charge in [0.05, 0.1) is 6.61 Å². The molecule has 7 nitrogen and oxygen atoms in total. The molecular formula is C20H29N3O4. The summed E-state index contributed by atoms with van der Waals surface area (Å²) in [5.74, 6) is 1.70. The first-order chi connectivity index (χ1) is 13.0. The smallest absolute Gasteiger partial charge is 0.273 e. The van der Waals surface area contributed by atoms with Crippen LogP contribution in [-0.2, 0) is 9.53 Å². The normalized spacial score (nSPS) is 31.6. The number of hydrogen-bond donors (Lipinski definition) is 1. The molecule has 1 aromatic heterocycles. The molecule has 4 rings (SSSR count). The van der Waals surface area contributed by atoms with Crippen molar-refractivity contribution in [2.24, 2.45) is 5.92 Å². The molecule has 0 spiro atoms. The molecule has 7 heteroatoms. The molecule has 1 aliphatic carbocycles. The second-order valence-electron chi connectivity index (χ2n) is 8.47. The van der Waals surface area contributed by atoms with Gasteiger partial charge in [-0.3, -0.25) is 9.59 Å². The van der Waals surface area contributed by atoms with Gasteiger partial charge in [-0.05, 0) is 51.4 Å². The summed E-state index contributed by atoms with van der Waals surface area (Å²) < 4.78 is 11.0. The SMILES string of the molecule is C[C@H]1CC[C@H](C(=O)N2CCC(NC(=O)c3cc(C4CC4)on3)C[C@@H]2C)OC1. The molecule has 2 saturated heterocycles. The number of carbonyl (C=O) groups excluding carboxylic acids is 2. The van der Waals surface area contributed by atoms with Crippen molar-refractivity contribution < 1.29 is 18.8 Å². The maximum absolute atomic E-state index is 12.8. The quantitative estimate of drug-likeness (QED) is 0.874. The van der Waals surface area contributed by atoms with Gasteiger partial charge in [-0.2, -0.15) is 0 Å². The number of nitrogens with zero attached hydrogens (tertiary/aromatic N) is 2. The number of aromatic nitrogens is 1. The van der Waals surface area contributed by atoms with Crippen LogP contribution in [0.2, 0.25) is 0 Å². The number of rotatable bonds is 4. The van der Waals surface area contributed by atoms with E-state index in [1.807, 2.05) is 11.8 Å². The Kier molecular flexibility index (Phi) is 5.21. The van der Waals surface area contributed by atoms with Gasteiger partial charge in [0.25, 0.3) is 11.8 Å². The van der Waals surface area contributed by atoms with Crippen molar-refractivity contribution in [1.29, 1.82) is 0 Å². The largest absolute Gasteiger partial charge is 0.368 e. The van der Waals surface area contributed by atoms with Crippen LogP contribution in [-0.4, -0.2) is 53.2 Å². The van der Waals surface area contributed by atoms with E-state index in [2.05, 4.69) is 17.4 Å². The number of hydrogen-bond acceptors (Lipinski definition) is 5. The Bertz CT molecular complexity index is 691. The van der Waals surface area contributed by atoms with Crippen molar-refractivity contribution in [2.45, 2.75) is 76.5 Å². The van der Waals surface area contributed by atoms with E-state index in [0.717, 1.165) is 44.3 Å². The molecule has 3 fully saturated rings. The van der Waals surface area contributed by atoms with E-state index in [0.29, 0.717) is 30.7 Å². The first-order valence-corrected chi connectivity index (χ1v) is 10.2. The van der Waals surface area contributed by atoms with Crippen LogP contribution >= 0.6 is 0 Å². The zero-order chi connectivity index (χ0) is 19.0. The van der Waals surface area contributed by atoms with Gasteiger partial charge in [-0.1, -0.05) is 12.1 Å². The fourth-order valence-electron chi connectivity index (χ4n) is 4.11. The highest BCUT2D eigenvalue weighted by atomic mass is 16.5. The van der Waals surface area contributed by atoms with Crippen LogP contribution in [0.3, 0.4) is 0 Å². The third-order valence-corrected chi connectivity index (χ3v) is 6.01. The second-order valence-corrected chi connectivity index (χ2v) is 8.47. The van der Waals surface area contributed by atoms with Crippen LogP contribution < -0.4 is 5.32 Å². The maximum atomic E-state index is 12.8. The van der Waals surface area contributed by atoms with E-state index in [1.54, 1.807) is 6.07 Å². The molecule has 0 aromatic carbocycles. The topological polar surface area (TPSA) is 84.7 Å². The molecule has 148 valence electrons. The summed E-state index contributed by atoms with van der Waals surface area (Å²) in [5, 5.41) is 6.96. The number of likely N-dealkylation sites (tertiary alicyclic amines) is 1. The number of piperidine rings is 1. The summed E-state index contributed by atoms with van der Waals surface area (Å²) in [7, 11) is 0. The second kappa shape index (κ2) is 7.62. The number of amides is 2. The van der Waals surface area contributed by atoms with Gasteiger partial charge < -0.3 is 19.5 Å². The molecule has 0 bridgehead atoms. The predicted molar refractivity (Wildman–Crippen MR) is 98.3 cm³/mol. The highest BCUT2D eigenvalue weighted by Crippen LogP contribution is 2.40. The summed E-state index contributed by atoms with van der Waals surface area (Å²) >= 11 is 0. The van der Waals surface area contributed by atoms with Crippen LogP contribution in [0.5, 0.6) is 0 Å². The van der Waals surface area contributed by atoms with E-state index < -0.39 is 0 Å². The molecule has 3 aliphatic rings. The van der Waals surface area contributed by atoms with E-state index in [9.17, 15) is 9.59 Å². The van der Waals surface area contributed by atoms with Crippen molar-refractivity contribution >= 4 is 11.8 Å². The molecule has 0 radical (unpaired) electrons. The zero-order valence-electron chi connectivity index (χ0n) is 16.1. The lowest BCUT2D eigenvalue weighted by atomic mass is 9.95. The molecule has 1 unspecified atom stereocenters. The lowest BCUT2D eigenvalue weighted by Gasteiger charge is -2.40. The summed E-state index contributed by atoms with van der Waals surface area (Å²) in [6.45, 7) is 5.51. The highest BCUT2D eigenvalue weighted by Gasteiger charge is 2.35. The first-order valence-electron chi connectivity index (χ1n) is 10.2. The van der Waals surface area contributed by atoms with Gasteiger partial charge in [0, 0.05) is 30.6 Å². The summed E-state index contributed by atoms with van der Waals surface area (Å²) in [6, 6.07) is 1.89. The molecule has 4 atom stereocenters. The lowest BCUT2D eigenvalue weighted by molar-refractivity contribution is -0.151. The molecular weight excluding hydrogens is 346 g/mol. The molecule has 1 aromatic rings. The Balaban J connectivity index is 1.28. The Hall–Kier alpha value is -1.89. The molecule has 1 saturated carbocycles.